The Hall–Kier alpha value is -1.48. The van der Waals surface area contributed by atoms with E-state index in [1.165, 1.54) is 5.56 Å². The zero-order valence-electron chi connectivity index (χ0n) is 10.5. The van der Waals surface area contributed by atoms with Gasteiger partial charge in [0, 0.05) is 4.47 Å². The number of anilines is 1. The molecule has 0 bridgehead atoms. The van der Waals surface area contributed by atoms with E-state index in [4.69, 9.17) is 10.5 Å². The minimum Gasteiger partial charge on any atom is -0.455 e. The van der Waals surface area contributed by atoms with E-state index < -0.39 is 0 Å². The molecule has 0 atom stereocenters. The summed E-state index contributed by atoms with van der Waals surface area (Å²) in [5, 5.41) is 0. The first-order valence-electron chi connectivity index (χ1n) is 5.89. The van der Waals surface area contributed by atoms with Gasteiger partial charge in [0.05, 0.1) is 5.69 Å². The Balaban J connectivity index is 2.37. The molecule has 2 rings (SSSR count). The van der Waals surface area contributed by atoms with Crippen molar-refractivity contribution in [2.24, 2.45) is 0 Å². The fourth-order valence-corrected chi connectivity index (χ4v) is 2.11. The predicted molar refractivity (Wildman–Crippen MR) is 79.2 cm³/mol. The molecule has 94 valence electrons. The molecule has 2 N–H and O–H groups in total. The summed E-state index contributed by atoms with van der Waals surface area (Å²) in [6.07, 6.45) is 0. The normalized spacial score (nSPS) is 10.7. The maximum absolute atomic E-state index is 5.93. The summed E-state index contributed by atoms with van der Waals surface area (Å²) in [7, 11) is 0. The van der Waals surface area contributed by atoms with Crippen molar-refractivity contribution in [1.82, 2.24) is 0 Å². The fourth-order valence-electron chi connectivity index (χ4n) is 1.77. The van der Waals surface area contributed by atoms with E-state index in [0.717, 1.165) is 10.2 Å². The lowest BCUT2D eigenvalue weighted by Gasteiger charge is -2.14. The second-order valence-corrected chi connectivity index (χ2v) is 5.39. The highest BCUT2D eigenvalue weighted by molar-refractivity contribution is 9.10. The van der Waals surface area contributed by atoms with Crippen LogP contribution in [0.4, 0.5) is 5.69 Å². The van der Waals surface area contributed by atoms with Crippen molar-refractivity contribution >= 4 is 21.6 Å². The van der Waals surface area contributed by atoms with E-state index in [2.05, 4.69) is 35.8 Å². The monoisotopic (exact) mass is 305 g/mol. The Morgan fingerprint density at radius 2 is 1.78 bits per heavy atom. The van der Waals surface area contributed by atoms with Crippen LogP contribution in [0.2, 0.25) is 0 Å². The third kappa shape index (κ3) is 2.85. The maximum Gasteiger partial charge on any atom is 0.151 e. The van der Waals surface area contributed by atoms with Gasteiger partial charge in [0.25, 0.3) is 0 Å². The van der Waals surface area contributed by atoms with Crippen molar-refractivity contribution in [2.75, 3.05) is 5.73 Å². The highest BCUT2D eigenvalue weighted by atomic mass is 79.9. The lowest BCUT2D eigenvalue weighted by molar-refractivity contribution is 0.475. The summed E-state index contributed by atoms with van der Waals surface area (Å²) in [5.41, 5.74) is 7.73. The molecule has 0 aliphatic heterocycles. The lowest BCUT2D eigenvalue weighted by atomic mass is 10.0. The molecule has 18 heavy (non-hydrogen) atoms. The minimum atomic E-state index is 0.412. The number of rotatable bonds is 3. The van der Waals surface area contributed by atoms with Gasteiger partial charge in [-0.2, -0.15) is 0 Å². The van der Waals surface area contributed by atoms with Crippen LogP contribution >= 0.6 is 15.9 Å². The number of hydrogen-bond acceptors (Lipinski definition) is 2. The highest BCUT2D eigenvalue weighted by Crippen LogP contribution is 2.34. The lowest BCUT2D eigenvalue weighted by Crippen LogP contribution is -1.96. The summed E-state index contributed by atoms with van der Waals surface area (Å²) in [5.74, 6) is 1.95. The number of hydrogen-bond donors (Lipinski definition) is 1. The van der Waals surface area contributed by atoms with Gasteiger partial charge in [-0.25, -0.2) is 0 Å². The van der Waals surface area contributed by atoms with Crippen LogP contribution in [0.3, 0.4) is 0 Å². The molecule has 0 aromatic heterocycles. The van der Waals surface area contributed by atoms with E-state index in [0.29, 0.717) is 17.4 Å². The summed E-state index contributed by atoms with van der Waals surface area (Å²) in [6, 6.07) is 13.6. The standard InChI is InChI=1S/C15H16BrNO/c1-10(2)12-5-3-4-6-14(12)18-15-9-11(16)7-8-13(15)17/h3-10H,17H2,1-2H3. The molecule has 2 aromatic rings. The minimum absolute atomic E-state index is 0.412. The molecule has 0 heterocycles. The number of benzene rings is 2. The molecule has 0 aliphatic carbocycles. The molecule has 2 nitrogen and oxygen atoms in total. The Kier molecular flexibility index (Phi) is 3.92. The van der Waals surface area contributed by atoms with Gasteiger partial charge in [-0.3, -0.25) is 0 Å². The van der Waals surface area contributed by atoms with E-state index in [-0.39, 0.29) is 0 Å². The molecule has 0 amide bonds. The van der Waals surface area contributed by atoms with E-state index in [1.54, 1.807) is 0 Å². The van der Waals surface area contributed by atoms with Gasteiger partial charge in [-0.05, 0) is 35.7 Å². The smallest absolute Gasteiger partial charge is 0.151 e. The van der Waals surface area contributed by atoms with Crippen molar-refractivity contribution in [1.29, 1.82) is 0 Å². The van der Waals surface area contributed by atoms with E-state index in [9.17, 15) is 0 Å². The second-order valence-electron chi connectivity index (χ2n) is 4.48. The Morgan fingerprint density at radius 1 is 1.06 bits per heavy atom. The van der Waals surface area contributed by atoms with Crippen LogP contribution in [0.15, 0.2) is 46.9 Å². The third-order valence-electron chi connectivity index (χ3n) is 2.74. The number of ether oxygens (including phenoxy) is 1. The van der Waals surface area contributed by atoms with Crippen LogP contribution in [0, 0.1) is 0 Å². The van der Waals surface area contributed by atoms with Crippen molar-refractivity contribution < 1.29 is 4.74 Å². The van der Waals surface area contributed by atoms with Crippen molar-refractivity contribution in [3.63, 3.8) is 0 Å². The van der Waals surface area contributed by atoms with Crippen LogP contribution < -0.4 is 10.5 Å². The first kappa shape index (κ1) is 13.0. The van der Waals surface area contributed by atoms with Gasteiger partial charge in [0.15, 0.2) is 5.75 Å². The molecule has 0 saturated heterocycles. The highest BCUT2D eigenvalue weighted by Gasteiger charge is 2.09. The van der Waals surface area contributed by atoms with Gasteiger partial charge in [0.2, 0.25) is 0 Å². The quantitative estimate of drug-likeness (QED) is 0.815. The Labute approximate surface area is 116 Å². The van der Waals surface area contributed by atoms with Gasteiger partial charge < -0.3 is 10.5 Å². The van der Waals surface area contributed by atoms with Crippen molar-refractivity contribution in [3.8, 4) is 11.5 Å². The SMILES string of the molecule is CC(C)c1ccccc1Oc1cc(Br)ccc1N. The number of para-hydroxylation sites is 1. The van der Waals surface area contributed by atoms with Gasteiger partial charge in [-0.1, -0.05) is 48.0 Å². The zero-order chi connectivity index (χ0) is 13.1. The summed E-state index contributed by atoms with van der Waals surface area (Å²) in [4.78, 5) is 0. The average molecular weight is 306 g/mol. The fraction of sp³-hybridized carbons (Fsp3) is 0.200. The first-order valence-corrected chi connectivity index (χ1v) is 6.69. The van der Waals surface area contributed by atoms with Crippen LogP contribution in [0.1, 0.15) is 25.3 Å². The number of nitrogens with two attached hydrogens (primary N) is 1. The molecule has 3 heteroatoms. The van der Waals surface area contributed by atoms with Gasteiger partial charge >= 0.3 is 0 Å². The maximum atomic E-state index is 5.93. The average Bonchev–Trinajstić information content (AvgIpc) is 2.34. The molecule has 0 saturated carbocycles. The summed E-state index contributed by atoms with van der Waals surface area (Å²) in [6.45, 7) is 4.29. The first-order chi connectivity index (χ1) is 8.58. The number of halogens is 1. The molecule has 0 radical (unpaired) electrons. The van der Waals surface area contributed by atoms with Crippen LogP contribution in [-0.4, -0.2) is 0 Å². The largest absolute Gasteiger partial charge is 0.455 e. The van der Waals surface area contributed by atoms with E-state index in [1.807, 2.05) is 36.4 Å². The summed E-state index contributed by atoms with van der Waals surface area (Å²) < 4.78 is 6.88. The number of nitrogen functional groups attached to an aromatic ring is 1. The molecule has 0 aliphatic rings. The molecular weight excluding hydrogens is 290 g/mol. The third-order valence-corrected chi connectivity index (χ3v) is 3.23. The zero-order valence-corrected chi connectivity index (χ0v) is 12.1. The van der Waals surface area contributed by atoms with Crippen LogP contribution in [0.25, 0.3) is 0 Å². The predicted octanol–water partition coefficient (Wildman–Crippen LogP) is 4.95. The molecule has 2 aromatic carbocycles. The second kappa shape index (κ2) is 5.44. The topological polar surface area (TPSA) is 35.2 Å². The van der Waals surface area contributed by atoms with E-state index >= 15 is 0 Å². The molecule has 0 fully saturated rings. The Morgan fingerprint density at radius 3 is 2.50 bits per heavy atom. The van der Waals surface area contributed by atoms with Crippen molar-refractivity contribution in [2.45, 2.75) is 19.8 Å². The van der Waals surface area contributed by atoms with Crippen LogP contribution in [-0.2, 0) is 0 Å². The van der Waals surface area contributed by atoms with Crippen LogP contribution in [0.5, 0.6) is 11.5 Å². The molecular formula is C15H16BrNO. The molecule has 0 unspecified atom stereocenters. The van der Waals surface area contributed by atoms with Gasteiger partial charge in [0.1, 0.15) is 5.75 Å². The summed E-state index contributed by atoms with van der Waals surface area (Å²) >= 11 is 3.42. The van der Waals surface area contributed by atoms with Gasteiger partial charge in [-0.15, -0.1) is 0 Å². The van der Waals surface area contributed by atoms with Crippen molar-refractivity contribution in [3.05, 3.63) is 52.5 Å². The molecule has 0 spiro atoms. The Bertz CT molecular complexity index is 552.